The Kier molecular flexibility index (Phi) is 3.67. The topological polar surface area (TPSA) is 48.1 Å². The first-order valence-electron chi connectivity index (χ1n) is 6.63. The van der Waals surface area contributed by atoms with Gasteiger partial charge in [-0.15, -0.1) is 11.3 Å². The molecule has 0 radical (unpaired) electrons. The van der Waals surface area contributed by atoms with Gasteiger partial charge in [-0.05, 0) is 24.4 Å². The molecule has 3 rings (SSSR count). The smallest absolute Gasteiger partial charge is 0.127 e. The SMILES string of the molecule is CCOc1ccc(-c2csc(CN)n2)c2ccccc12. The van der Waals surface area contributed by atoms with Gasteiger partial charge in [-0.25, -0.2) is 4.98 Å². The predicted octanol–water partition coefficient (Wildman–Crippen LogP) is 3.82. The highest BCUT2D eigenvalue weighted by Gasteiger charge is 2.10. The molecular weight excluding hydrogens is 268 g/mol. The Labute approximate surface area is 122 Å². The van der Waals surface area contributed by atoms with Crippen molar-refractivity contribution in [3.05, 3.63) is 46.8 Å². The Balaban J connectivity index is 2.19. The molecule has 0 saturated carbocycles. The molecule has 0 saturated heterocycles. The van der Waals surface area contributed by atoms with Crippen molar-refractivity contribution in [1.29, 1.82) is 0 Å². The number of rotatable bonds is 4. The molecule has 3 aromatic rings. The van der Waals surface area contributed by atoms with E-state index in [9.17, 15) is 0 Å². The first-order chi connectivity index (χ1) is 9.83. The lowest BCUT2D eigenvalue weighted by Crippen LogP contribution is -1.95. The van der Waals surface area contributed by atoms with Crippen molar-refractivity contribution in [3.63, 3.8) is 0 Å². The maximum absolute atomic E-state index is 5.70. The van der Waals surface area contributed by atoms with E-state index in [0.717, 1.165) is 32.8 Å². The summed E-state index contributed by atoms with van der Waals surface area (Å²) >= 11 is 1.60. The molecule has 20 heavy (non-hydrogen) atoms. The lowest BCUT2D eigenvalue weighted by Gasteiger charge is -2.10. The molecule has 0 aliphatic carbocycles. The van der Waals surface area contributed by atoms with Crippen molar-refractivity contribution < 1.29 is 4.74 Å². The van der Waals surface area contributed by atoms with Crippen LogP contribution in [-0.4, -0.2) is 11.6 Å². The molecule has 0 atom stereocenters. The van der Waals surface area contributed by atoms with E-state index in [4.69, 9.17) is 10.5 Å². The second kappa shape index (κ2) is 5.61. The summed E-state index contributed by atoms with van der Waals surface area (Å²) < 4.78 is 5.70. The van der Waals surface area contributed by atoms with E-state index in [2.05, 4.69) is 28.6 Å². The quantitative estimate of drug-likeness (QED) is 0.792. The van der Waals surface area contributed by atoms with Crippen molar-refractivity contribution in [1.82, 2.24) is 4.98 Å². The summed E-state index contributed by atoms with van der Waals surface area (Å²) in [5, 5.41) is 5.30. The fourth-order valence-electron chi connectivity index (χ4n) is 2.30. The monoisotopic (exact) mass is 284 g/mol. The maximum Gasteiger partial charge on any atom is 0.127 e. The van der Waals surface area contributed by atoms with Gasteiger partial charge in [0.05, 0.1) is 12.3 Å². The Morgan fingerprint density at radius 2 is 1.95 bits per heavy atom. The fraction of sp³-hybridized carbons (Fsp3) is 0.188. The molecule has 2 N–H and O–H groups in total. The molecule has 0 bridgehead atoms. The Morgan fingerprint density at radius 1 is 1.15 bits per heavy atom. The van der Waals surface area contributed by atoms with Crippen LogP contribution in [0.2, 0.25) is 0 Å². The minimum absolute atomic E-state index is 0.486. The minimum Gasteiger partial charge on any atom is -0.493 e. The zero-order valence-electron chi connectivity index (χ0n) is 11.3. The van der Waals surface area contributed by atoms with Gasteiger partial charge >= 0.3 is 0 Å². The Bertz CT molecular complexity index is 736. The highest BCUT2D eigenvalue weighted by molar-refractivity contribution is 7.09. The van der Waals surface area contributed by atoms with Crippen molar-refractivity contribution in [2.24, 2.45) is 5.73 Å². The predicted molar refractivity (Wildman–Crippen MR) is 84.1 cm³/mol. The molecule has 0 aliphatic rings. The number of fused-ring (bicyclic) bond motifs is 1. The van der Waals surface area contributed by atoms with Crippen LogP contribution in [0.15, 0.2) is 41.8 Å². The molecule has 0 spiro atoms. The molecular formula is C16H16N2OS. The lowest BCUT2D eigenvalue weighted by atomic mass is 10.0. The van der Waals surface area contributed by atoms with Crippen molar-refractivity contribution in [3.8, 4) is 17.0 Å². The molecule has 0 aliphatic heterocycles. The number of nitrogens with zero attached hydrogens (tertiary/aromatic N) is 1. The molecule has 0 unspecified atom stereocenters. The number of aromatic nitrogens is 1. The number of benzene rings is 2. The summed E-state index contributed by atoms with van der Waals surface area (Å²) in [4.78, 5) is 4.58. The van der Waals surface area contributed by atoms with Gasteiger partial charge in [0.25, 0.3) is 0 Å². The number of nitrogens with two attached hydrogens (primary N) is 1. The third kappa shape index (κ3) is 2.28. The second-order valence-electron chi connectivity index (χ2n) is 4.42. The van der Waals surface area contributed by atoms with Crippen molar-refractivity contribution in [2.75, 3.05) is 6.61 Å². The first kappa shape index (κ1) is 13.1. The van der Waals surface area contributed by atoms with Crippen LogP contribution in [0.3, 0.4) is 0 Å². The standard InChI is InChI=1S/C16H16N2OS/c1-2-19-15-8-7-12(11-5-3-4-6-13(11)15)14-10-20-16(9-17)18-14/h3-8,10H,2,9,17H2,1H3. The van der Waals surface area contributed by atoms with E-state index in [1.165, 1.54) is 0 Å². The summed E-state index contributed by atoms with van der Waals surface area (Å²) in [6.07, 6.45) is 0. The summed E-state index contributed by atoms with van der Waals surface area (Å²) in [6.45, 7) is 3.15. The number of hydrogen-bond donors (Lipinski definition) is 1. The molecule has 4 heteroatoms. The zero-order valence-corrected chi connectivity index (χ0v) is 12.1. The first-order valence-corrected chi connectivity index (χ1v) is 7.51. The molecule has 102 valence electrons. The van der Waals surface area contributed by atoms with Crippen LogP contribution in [-0.2, 0) is 6.54 Å². The van der Waals surface area contributed by atoms with Gasteiger partial charge in [0.2, 0.25) is 0 Å². The van der Waals surface area contributed by atoms with Crippen molar-refractivity contribution >= 4 is 22.1 Å². The molecule has 1 aromatic heterocycles. The average molecular weight is 284 g/mol. The highest BCUT2D eigenvalue weighted by Crippen LogP contribution is 2.34. The van der Waals surface area contributed by atoms with Crippen LogP contribution in [0.5, 0.6) is 5.75 Å². The van der Waals surface area contributed by atoms with Crippen LogP contribution in [0, 0.1) is 0 Å². The Morgan fingerprint density at radius 3 is 2.65 bits per heavy atom. The van der Waals surface area contributed by atoms with E-state index >= 15 is 0 Å². The number of ether oxygens (including phenoxy) is 1. The van der Waals surface area contributed by atoms with Gasteiger partial charge in [0.15, 0.2) is 0 Å². The van der Waals surface area contributed by atoms with Gasteiger partial charge in [0.1, 0.15) is 10.8 Å². The second-order valence-corrected chi connectivity index (χ2v) is 5.36. The normalized spacial score (nSPS) is 10.9. The van der Waals surface area contributed by atoms with Crippen LogP contribution in [0.25, 0.3) is 22.0 Å². The highest BCUT2D eigenvalue weighted by atomic mass is 32.1. The lowest BCUT2D eigenvalue weighted by molar-refractivity contribution is 0.344. The van der Waals surface area contributed by atoms with Crippen molar-refractivity contribution in [2.45, 2.75) is 13.5 Å². The van der Waals surface area contributed by atoms with E-state index in [-0.39, 0.29) is 0 Å². The summed E-state index contributed by atoms with van der Waals surface area (Å²) in [5.74, 6) is 0.918. The van der Waals surface area contributed by atoms with E-state index < -0.39 is 0 Å². The van der Waals surface area contributed by atoms with E-state index in [1.807, 2.05) is 25.1 Å². The summed E-state index contributed by atoms with van der Waals surface area (Å²) in [7, 11) is 0. The fourth-order valence-corrected chi connectivity index (χ4v) is 2.98. The zero-order chi connectivity index (χ0) is 13.9. The molecule has 3 nitrogen and oxygen atoms in total. The summed E-state index contributed by atoms with van der Waals surface area (Å²) in [5.41, 5.74) is 7.75. The van der Waals surface area contributed by atoms with Gasteiger partial charge in [0, 0.05) is 22.9 Å². The van der Waals surface area contributed by atoms with Gasteiger partial charge in [-0.2, -0.15) is 0 Å². The Hall–Kier alpha value is -1.91. The third-order valence-electron chi connectivity index (χ3n) is 3.19. The van der Waals surface area contributed by atoms with E-state index in [0.29, 0.717) is 13.2 Å². The average Bonchev–Trinajstić information content (AvgIpc) is 2.97. The van der Waals surface area contributed by atoms with Gasteiger partial charge in [-0.1, -0.05) is 24.3 Å². The molecule has 0 amide bonds. The van der Waals surface area contributed by atoms with Crippen LogP contribution >= 0.6 is 11.3 Å². The van der Waals surface area contributed by atoms with Crippen LogP contribution in [0.4, 0.5) is 0 Å². The van der Waals surface area contributed by atoms with E-state index in [1.54, 1.807) is 11.3 Å². The number of hydrogen-bond acceptors (Lipinski definition) is 4. The third-order valence-corrected chi connectivity index (χ3v) is 4.06. The van der Waals surface area contributed by atoms with Gasteiger partial charge < -0.3 is 10.5 Å². The van der Waals surface area contributed by atoms with Gasteiger partial charge in [-0.3, -0.25) is 0 Å². The molecule has 2 aromatic carbocycles. The summed E-state index contributed by atoms with van der Waals surface area (Å²) in [6, 6.07) is 12.3. The number of thiazole rings is 1. The minimum atomic E-state index is 0.486. The van der Waals surface area contributed by atoms with Crippen LogP contribution < -0.4 is 10.5 Å². The van der Waals surface area contributed by atoms with Crippen LogP contribution in [0.1, 0.15) is 11.9 Å². The molecule has 1 heterocycles. The molecule has 0 fully saturated rings. The maximum atomic E-state index is 5.70. The largest absolute Gasteiger partial charge is 0.493 e.